The third kappa shape index (κ3) is 4.98. The zero-order valence-electron chi connectivity index (χ0n) is 16.3. The van der Waals surface area contributed by atoms with E-state index in [4.69, 9.17) is 11.5 Å². The molecule has 1 atom stereocenters. The van der Waals surface area contributed by atoms with E-state index in [2.05, 4.69) is 20.6 Å². The Morgan fingerprint density at radius 3 is 2.55 bits per heavy atom. The number of primary amides is 2. The fraction of sp³-hybridized carbons (Fsp3) is 0.238. The summed E-state index contributed by atoms with van der Waals surface area (Å²) in [6, 6.07) is 10.6. The minimum atomic E-state index is -0.661. The molecule has 29 heavy (non-hydrogen) atoms. The Bertz CT molecular complexity index is 1050. The highest BCUT2D eigenvalue weighted by molar-refractivity contribution is 5.98. The maximum absolute atomic E-state index is 11.8. The molecule has 1 unspecified atom stereocenters. The number of aromatic nitrogens is 2. The third-order valence-electron chi connectivity index (χ3n) is 4.40. The lowest BCUT2D eigenvalue weighted by Gasteiger charge is -2.19. The second-order valence-electron chi connectivity index (χ2n) is 7.25. The van der Waals surface area contributed by atoms with Crippen molar-refractivity contribution in [1.82, 2.24) is 9.97 Å². The summed E-state index contributed by atoms with van der Waals surface area (Å²) in [7, 11) is 0. The molecule has 2 aromatic heterocycles. The molecular formula is C21H24N6O2. The van der Waals surface area contributed by atoms with E-state index < -0.39 is 17.9 Å². The molecule has 0 fully saturated rings. The van der Waals surface area contributed by atoms with Gasteiger partial charge in [0.1, 0.15) is 6.04 Å². The van der Waals surface area contributed by atoms with Crippen molar-refractivity contribution in [3.8, 4) is 0 Å². The number of benzene rings is 1. The average molecular weight is 392 g/mol. The minimum Gasteiger partial charge on any atom is -0.372 e. The summed E-state index contributed by atoms with van der Waals surface area (Å²) in [6.07, 6.45) is 3.75. The number of hydrogen-bond donors (Lipinski definition) is 4. The Kier molecular flexibility index (Phi) is 5.92. The van der Waals surface area contributed by atoms with Gasteiger partial charge in [-0.1, -0.05) is 26.0 Å². The van der Waals surface area contributed by atoms with Crippen molar-refractivity contribution in [3.05, 3.63) is 54.5 Å². The maximum atomic E-state index is 11.8. The molecule has 0 saturated heterocycles. The SMILES string of the molecule is CC(C)CC(Nc1cnc(C(N)=O)c(Nc2ccc3cccnc3c2)c1)C(N)=O. The van der Waals surface area contributed by atoms with Gasteiger partial charge in [-0.3, -0.25) is 14.6 Å². The van der Waals surface area contributed by atoms with Crippen LogP contribution in [0.2, 0.25) is 0 Å². The summed E-state index contributed by atoms with van der Waals surface area (Å²) in [5.74, 6) is -0.833. The molecule has 150 valence electrons. The van der Waals surface area contributed by atoms with Crippen LogP contribution in [0, 0.1) is 5.92 Å². The van der Waals surface area contributed by atoms with Crippen molar-refractivity contribution >= 4 is 39.8 Å². The van der Waals surface area contributed by atoms with Gasteiger partial charge in [0, 0.05) is 17.3 Å². The van der Waals surface area contributed by atoms with Crippen molar-refractivity contribution in [2.24, 2.45) is 17.4 Å². The predicted molar refractivity (Wildman–Crippen MR) is 114 cm³/mol. The molecule has 2 amide bonds. The van der Waals surface area contributed by atoms with Crippen LogP contribution in [0.15, 0.2) is 48.8 Å². The van der Waals surface area contributed by atoms with E-state index in [1.807, 2.05) is 44.2 Å². The van der Waals surface area contributed by atoms with Gasteiger partial charge in [0.25, 0.3) is 5.91 Å². The minimum absolute atomic E-state index is 0.0937. The molecule has 0 aliphatic carbocycles. The molecule has 0 bridgehead atoms. The van der Waals surface area contributed by atoms with Crippen LogP contribution >= 0.6 is 0 Å². The lowest BCUT2D eigenvalue weighted by Crippen LogP contribution is -2.36. The quantitative estimate of drug-likeness (QED) is 0.465. The van der Waals surface area contributed by atoms with Gasteiger partial charge >= 0.3 is 0 Å². The smallest absolute Gasteiger partial charge is 0.269 e. The standard InChI is InChI=1S/C21H24N6O2/c1-12(2)8-18(20(22)28)27-15-10-17(19(21(23)29)25-11-15)26-14-6-5-13-4-3-7-24-16(13)9-14/h3-7,9-12,18,26-27H,8H2,1-2H3,(H2,22,28)(H2,23,29). The lowest BCUT2D eigenvalue weighted by atomic mass is 10.0. The van der Waals surface area contributed by atoms with Gasteiger partial charge in [-0.15, -0.1) is 0 Å². The van der Waals surface area contributed by atoms with Crippen molar-refractivity contribution in [2.45, 2.75) is 26.3 Å². The number of nitrogens with two attached hydrogens (primary N) is 2. The first kappa shape index (κ1) is 20.1. The molecule has 6 N–H and O–H groups in total. The van der Waals surface area contributed by atoms with Crippen LogP contribution in [0.25, 0.3) is 10.9 Å². The van der Waals surface area contributed by atoms with Crippen LogP contribution < -0.4 is 22.1 Å². The van der Waals surface area contributed by atoms with Gasteiger partial charge in [-0.25, -0.2) is 4.98 Å². The van der Waals surface area contributed by atoms with Crippen LogP contribution in [0.4, 0.5) is 17.1 Å². The molecular weight excluding hydrogens is 368 g/mol. The van der Waals surface area contributed by atoms with Crippen molar-refractivity contribution in [3.63, 3.8) is 0 Å². The number of carbonyl (C=O) groups excluding carboxylic acids is 2. The molecule has 8 heteroatoms. The van der Waals surface area contributed by atoms with Gasteiger partial charge in [0.2, 0.25) is 5.91 Å². The second kappa shape index (κ2) is 8.55. The van der Waals surface area contributed by atoms with Crippen LogP contribution in [0.1, 0.15) is 30.8 Å². The van der Waals surface area contributed by atoms with Crippen LogP contribution in [-0.4, -0.2) is 27.8 Å². The highest BCUT2D eigenvalue weighted by Crippen LogP contribution is 2.26. The van der Waals surface area contributed by atoms with Gasteiger partial charge in [0.15, 0.2) is 5.69 Å². The molecule has 2 heterocycles. The molecule has 0 aliphatic heterocycles. The third-order valence-corrected chi connectivity index (χ3v) is 4.40. The highest BCUT2D eigenvalue weighted by atomic mass is 16.1. The Labute approximate surface area is 168 Å². The second-order valence-corrected chi connectivity index (χ2v) is 7.25. The molecule has 0 radical (unpaired) electrons. The van der Waals surface area contributed by atoms with Crippen molar-refractivity contribution in [1.29, 1.82) is 0 Å². The first-order valence-electron chi connectivity index (χ1n) is 9.31. The fourth-order valence-electron chi connectivity index (χ4n) is 3.05. The van der Waals surface area contributed by atoms with Gasteiger partial charge in [0.05, 0.1) is 23.1 Å². The predicted octanol–water partition coefficient (Wildman–Crippen LogP) is 2.78. The van der Waals surface area contributed by atoms with E-state index in [1.54, 1.807) is 12.3 Å². The number of amides is 2. The Balaban J connectivity index is 1.91. The van der Waals surface area contributed by atoms with Crippen molar-refractivity contribution in [2.75, 3.05) is 10.6 Å². The average Bonchev–Trinajstić information content (AvgIpc) is 2.67. The van der Waals surface area contributed by atoms with E-state index in [1.165, 1.54) is 6.20 Å². The summed E-state index contributed by atoms with van der Waals surface area (Å²) < 4.78 is 0. The monoisotopic (exact) mass is 392 g/mol. The summed E-state index contributed by atoms with van der Waals surface area (Å²) in [5.41, 5.74) is 13.6. The first-order chi connectivity index (χ1) is 13.8. The zero-order chi connectivity index (χ0) is 21.0. The Morgan fingerprint density at radius 1 is 1.07 bits per heavy atom. The summed E-state index contributed by atoms with van der Waals surface area (Å²) in [6.45, 7) is 4.01. The molecule has 8 nitrogen and oxygen atoms in total. The largest absolute Gasteiger partial charge is 0.372 e. The zero-order valence-corrected chi connectivity index (χ0v) is 16.3. The number of carbonyl (C=O) groups is 2. The molecule has 0 spiro atoms. The summed E-state index contributed by atoms with van der Waals surface area (Å²) in [4.78, 5) is 32.1. The van der Waals surface area contributed by atoms with Crippen LogP contribution in [0.5, 0.6) is 0 Å². The summed E-state index contributed by atoms with van der Waals surface area (Å²) in [5, 5.41) is 7.26. The lowest BCUT2D eigenvalue weighted by molar-refractivity contribution is -0.119. The number of fused-ring (bicyclic) bond motifs is 1. The van der Waals surface area contributed by atoms with E-state index in [0.29, 0.717) is 17.8 Å². The highest BCUT2D eigenvalue weighted by Gasteiger charge is 2.18. The first-order valence-corrected chi connectivity index (χ1v) is 9.31. The van der Waals surface area contributed by atoms with Gasteiger partial charge in [-0.05, 0) is 36.6 Å². The molecule has 1 aromatic carbocycles. The van der Waals surface area contributed by atoms with Gasteiger partial charge < -0.3 is 22.1 Å². The number of hydrogen-bond acceptors (Lipinski definition) is 6. The maximum Gasteiger partial charge on any atom is 0.269 e. The van der Waals surface area contributed by atoms with Crippen molar-refractivity contribution < 1.29 is 9.59 Å². The van der Waals surface area contributed by atoms with Crippen LogP contribution in [0.3, 0.4) is 0 Å². The Morgan fingerprint density at radius 2 is 1.86 bits per heavy atom. The molecule has 0 aliphatic rings. The number of nitrogens with zero attached hydrogens (tertiary/aromatic N) is 2. The number of nitrogens with one attached hydrogen (secondary N) is 2. The normalized spacial score (nSPS) is 12.0. The topological polar surface area (TPSA) is 136 Å². The van der Waals surface area contributed by atoms with E-state index in [9.17, 15) is 9.59 Å². The molecule has 3 aromatic rings. The van der Waals surface area contributed by atoms with E-state index in [-0.39, 0.29) is 11.6 Å². The number of anilines is 3. The van der Waals surface area contributed by atoms with E-state index >= 15 is 0 Å². The number of rotatable bonds is 8. The summed E-state index contributed by atoms with van der Waals surface area (Å²) >= 11 is 0. The molecule has 3 rings (SSSR count). The fourth-order valence-corrected chi connectivity index (χ4v) is 3.05. The molecule has 0 saturated carbocycles. The van der Waals surface area contributed by atoms with Crippen LogP contribution in [-0.2, 0) is 4.79 Å². The Hall–Kier alpha value is -3.68. The van der Waals surface area contributed by atoms with E-state index in [0.717, 1.165) is 16.6 Å². The van der Waals surface area contributed by atoms with Gasteiger partial charge in [-0.2, -0.15) is 0 Å². The number of pyridine rings is 2.